The molecular formula is C23H39N7O2. The monoisotopic (exact) mass is 445 g/mol. The van der Waals surface area contributed by atoms with Crippen LogP contribution in [0.1, 0.15) is 58.8 Å². The van der Waals surface area contributed by atoms with E-state index in [1.807, 2.05) is 4.90 Å². The average Bonchev–Trinajstić information content (AvgIpc) is 3.16. The molecule has 4 rings (SSSR count). The molecule has 3 N–H and O–H groups in total. The molecule has 0 bridgehead atoms. The Morgan fingerprint density at radius 1 is 1.09 bits per heavy atom. The lowest BCUT2D eigenvalue weighted by Gasteiger charge is -2.37. The molecule has 2 fully saturated rings. The Labute approximate surface area is 191 Å². The van der Waals surface area contributed by atoms with Crippen LogP contribution in [0.2, 0.25) is 0 Å². The summed E-state index contributed by atoms with van der Waals surface area (Å²) in [6.45, 7) is 10.9. The van der Waals surface area contributed by atoms with Gasteiger partial charge in [-0.05, 0) is 58.9 Å². The molecule has 9 nitrogen and oxygen atoms in total. The number of ether oxygens (including phenoxy) is 1. The molecule has 3 aliphatic rings. The summed E-state index contributed by atoms with van der Waals surface area (Å²) in [4.78, 5) is 27.8. The minimum absolute atomic E-state index is 0.155. The summed E-state index contributed by atoms with van der Waals surface area (Å²) in [5.74, 6) is 1.03. The van der Waals surface area contributed by atoms with Crippen LogP contribution in [0.4, 0.5) is 17.3 Å². The largest absolute Gasteiger partial charge is 0.460 e. The standard InChI is InChI=1S/C23H39N7O2/c1-17(2)29-14-12-28(13-15-29)10-6-7-11-30-19(16-31)25-20-21(24)26-23(27-22(20)30)32-18-8-4-3-5-9-18/h16-19,25H,3-15H2,1-2H3,(H2,24,26,27). The maximum Gasteiger partial charge on any atom is 0.320 e. The highest BCUT2D eigenvalue weighted by Gasteiger charge is 2.33. The molecule has 9 heteroatoms. The number of hydrogen-bond acceptors (Lipinski definition) is 9. The Hall–Kier alpha value is -2.13. The van der Waals surface area contributed by atoms with Crippen molar-refractivity contribution in [3.8, 4) is 6.01 Å². The summed E-state index contributed by atoms with van der Waals surface area (Å²) in [6.07, 6.45) is 8.37. The number of nitrogens with two attached hydrogens (primary N) is 1. The van der Waals surface area contributed by atoms with Crippen molar-refractivity contribution in [3.05, 3.63) is 0 Å². The second-order valence-electron chi connectivity index (χ2n) is 9.57. The number of nitrogens with zero attached hydrogens (tertiary/aromatic N) is 5. The molecule has 2 aliphatic heterocycles. The molecular weight excluding hydrogens is 406 g/mol. The molecule has 1 aliphatic carbocycles. The van der Waals surface area contributed by atoms with E-state index in [4.69, 9.17) is 10.5 Å². The highest BCUT2D eigenvalue weighted by atomic mass is 16.5. The fraction of sp³-hybridized carbons (Fsp3) is 0.783. The van der Waals surface area contributed by atoms with Gasteiger partial charge in [-0.2, -0.15) is 9.97 Å². The second-order valence-corrected chi connectivity index (χ2v) is 9.57. The fourth-order valence-corrected chi connectivity index (χ4v) is 5.01. The zero-order valence-corrected chi connectivity index (χ0v) is 19.6. The summed E-state index contributed by atoms with van der Waals surface area (Å²) in [5, 5.41) is 3.18. The zero-order valence-electron chi connectivity index (χ0n) is 19.6. The maximum absolute atomic E-state index is 11.7. The topological polar surface area (TPSA) is 99.8 Å². The molecule has 0 spiro atoms. The van der Waals surface area contributed by atoms with E-state index in [9.17, 15) is 4.79 Å². The van der Waals surface area contributed by atoms with Gasteiger partial charge in [0.25, 0.3) is 0 Å². The number of piperazine rings is 1. The van der Waals surface area contributed by atoms with Crippen molar-refractivity contribution in [1.82, 2.24) is 19.8 Å². The van der Waals surface area contributed by atoms with Crippen LogP contribution in [-0.2, 0) is 4.79 Å². The molecule has 0 amide bonds. The van der Waals surface area contributed by atoms with E-state index < -0.39 is 6.17 Å². The summed E-state index contributed by atoms with van der Waals surface area (Å²) in [5.41, 5.74) is 6.84. The van der Waals surface area contributed by atoms with Crippen molar-refractivity contribution in [3.63, 3.8) is 0 Å². The van der Waals surface area contributed by atoms with Gasteiger partial charge in [-0.15, -0.1) is 0 Å². The van der Waals surface area contributed by atoms with E-state index in [2.05, 4.69) is 38.9 Å². The number of anilines is 3. The number of rotatable bonds is 9. The lowest BCUT2D eigenvalue weighted by Crippen LogP contribution is -2.49. The Morgan fingerprint density at radius 2 is 1.81 bits per heavy atom. The first kappa shape index (κ1) is 23.0. The van der Waals surface area contributed by atoms with E-state index in [1.165, 1.54) is 19.3 Å². The Balaban J connectivity index is 1.32. The van der Waals surface area contributed by atoms with Crippen molar-refractivity contribution in [1.29, 1.82) is 0 Å². The Morgan fingerprint density at radius 3 is 2.50 bits per heavy atom. The number of aromatic nitrogens is 2. The van der Waals surface area contributed by atoms with Gasteiger partial charge in [-0.1, -0.05) is 6.42 Å². The van der Waals surface area contributed by atoms with Crippen molar-refractivity contribution >= 4 is 23.6 Å². The Kier molecular flexibility index (Phi) is 7.67. The van der Waals surface area contributed by atoms with Crippen LogP contribution in [-0.4, -0.2) is 83.6 Å². The lowest BCUT2D eigenvalue weighted by molar-refractivity contribution is -0.108. The molecule has 1 saturated heterocycles. The number of aldehydes is 1. The SMILES string of the molecule is CC(C)N1CCN(CCCCN2c3nc(OC4CCCCC4)nc(N)c3NC2C=O)CC1. The fourth-order valence-electron chi connectivity index (χ4n) is 5.01. The predicted octanol–water partition coefficient (Wildman–Crippen LogP) is 2.33. The number of unbranched alkanes of at least 4 members (excludes halogenated alkanes) is 1. The van der Waals surface area contributed by atoms with Gasteiger partial charge < -0.3 is 25.6 Å². The number of nitrogens with one attached hydrogen (secondary N) is 1. The van der Waals surface area contributed by atoms with Crippen molar-refractivity contribution < 1.29 is 9.53 Å². The third-order valence-corrected chi connectivity index (χ3v) is 7.01. The smallest absolute Gasteiger partial charge is 0.320 e. The van der Waals surface area contributed by atoms with Gasteiger partial charge in [-0.3, -0.25) is 9.69 Å². The average molecular weight is 446 g/mol. The van der Waals surface area contributed by atoms with Gasteiger partial charge in [0, 0.05) is 38.8 Å². The van der Waals surface area contributed by atoms with E-state index >= 15 is 0 Å². The maximum atomic E-state index is 11.7. The van der Waals surface area contributed by atoms with E-state index in [0.29, 0.717) is 29.4 Å². The second kappa shape index (κ2) is 10.7. The molecule has 0 radical (unpaired) electrons. The molecule has 3 heterocycles. The Bertz CT molecular complexity index is 761. The minimum Gasteiger partial charge on any atom is -0.460 e. The van der Waals surface area contributed by atoms with Gasteiger partial charge in [0.2, 0.25) is 0 Å². The lowest BCUT2D eigenvalue weighted by atomic mass is 9.98. The van der Waals surface area contributed by atoms with Crippen LogP contribution >= 0.6 is 0 Å². The highest BCUT2D eigenvalue weighted by Crippen LogP contribution is 2.38. The normalized spacial score (nSPS) is 22.7. The van der Waals surface area contributed by atoms with E-state index in [-0.39, 0.29) is 6.10 Å². The van der Waals surface area contributed by atoms with Crippen LogP contribution in [0.5, 0.6) is 6.01 Å². The molecule has 32 heavy (non-hydrogen) atoms. The van der Waals surface area contributed by atoms with Crippen molar-refractivity contribution in [2.75, 3.05) is 55.2 Å². The van der Waals surface area contributed by atoms with E-state index in [0.717, 1.165) is 71.2 Å². The van der Waals surface area contributed by atoms with Gasteiger partial charge >= 0.3 is 6.01 Å². The molecule has 1 aromatic rings. The first-order valence-electron chi connectivity index (χ1n) is 12.3. The number of fused-ring (bicyclic) bond motifs is 1. The van der Waals surface area contributed by atoms with Crippen LogP contribution in [0, 0.1) is 0 Å². The predicted molar refractivity (Wildman–Crippen MR) is 127 cm³/mol. The number of carbonyl (C=O) groups is 1. The zero-order chi connectivity index (χ0) is 22.5. The minimum atomic E-state index is -0.457. The van der Waals surface area contributed by atoms with Gasteiger partial charge in [0.1, 0.15) is 11.8 Å². The van der Waals surface area contributed by atoms with Gasteiger partial charge in [0.05, 0.1) is 0 Å². The van der Waals surface area contributed by atoms with Gasteiger partial charge in [0.15, 0.2) is 24.1 Å². The molecule has 0 aromatic carbocycles. The van der Waals surface area contributed by atoms with Crippen molar-refractivity contribution in [2.45, 2.75) is 77.1 Å². The number of carbonyl (C=O) groups excluding carboxylic acids is 1. The van der Waals surface area contributed by atoms with Crippen LogP contribution < -0.4 is 20.7 Å². The number of hydrogen-bond donors (Lipinski definition) is 2. The van der Waals surface area contributed by atoms with Crippen LogP contribution in [0.15, 0.2) is 0 Å². The van der Waals surface area contributed by atoms with E-state index in [1.54, 1.807) is 0 Å². The summed E-state index contributed by atoms with van der Waals surface area (Å²) >= 11 is 0. The molecule has 1 aromatic heterocycles. The summed E-state index contributed by atoms with van der Waals surface area (Å²) in [6, 6.07) is 0.955. The first-order valence-corrected chi connectivity index (χ1v) is 12.3. The molecule has 1 unspecified atom stereocenters. The molecule has 1 atom stereocenters. The molecule has 178 valence electrons. The first-order chi connectivity index (χ1) is 15.5. The third-order valence-electron chi connectivity index (χ3n) is 7.01. The number of nitrogen functional groups attached to an aromatic ring is 1. The highest BCUT2D eigenvalue weighted by molar-refractivity contribution is 5.87. The summed E-state index contributed by atoms with van der Waals surface area (Å²) in [7, 11) is 0. The quantitative estimate of drug-likeness (QED) is 0.438. The van der Waals surface area contributed by atoms with Crippen molar-refractivity contribution in [2.24, 2.45) is 0 Å². The van der Waals surface area contributed by atoms with Crippen LogP contribution in [0.25, 0.3) is 0 Å². The molecule has 1 saturated carbocycles. The summed E-state index contributed by atoms with van der Waals surface area (Å²) < 4.78 is 6.05. The third kappa shape index (κ3) is 5.43. The van der Waals surface area contributed by atoms with Gasteiger partial charge in [-0.25, -0.2) is 0 Å². The van der Waals surface area contributed by atoms with Crippen LogP contribution in [0.3, 0.4) is 0 Å².